The summed E-state index contributed by atoms with van der Waals surface area (Å²) in [6, 6.07) is 4.83. The number of aromatic hydroxyl groups is 1. The third-order valence-electron chi connectivity index (χ3n) is 2.27. The molecule has 0 spiro atoms. The Bertz CT molecular complexity index is 620. The van der Waals surface area contributed by atoms with Gasteiger partial charge in [0.15, 0.2) is 0 Å². The molecule has 0 fully saturated rings. The van der Waals surface area contributed by atoms with Crippen molar-refractivity contribution in [3.8, 4) is 5.75 Å². The average molecular weight is 253 g/mol. The number of aromatic amines is 1. The number of rotatable bonds is 3. The van der Waals surface area contributed by atoms with E-state index in [0.717, 1.165) is 0 Å². The van der Waals surface area contributed by atoms with Crippen molar-refractivity contribution < 1.29 is 13.5 Å². The molecule has 3 N–H and O–H groups in total. The van der Waals surface area contributed by atoms with Gasteiger partial charge >= 0.3 is 0 Å². The summed E-state index contributed by atoms with van der Waals surface area (Å²) in [4.78, 5) is 0.0124. The number of hydrogen-bond donors (Lipinski definition) is 3. The Labute approximate surface area is 98.4 Å². The Morgan fingerprint density at radius 3 is 2.82 bits per heavy atom. The van der Waals surface area contributed by atoms with Crippen molar-refractivity contribution in [2.24, 2.45) is 0 Å². The summed E-state index contributed by atoms with van der Waals surface area (Å²) in [5.41, 5.74) is 0.739. The Kier molecular flexibility index (Phi) is 2.76. The molecule has 0 aliphatic heterocycles. The summed E-state index contributed by atoms with van der Waals surface area (Å²) in [5, 5.41) is 15.7. The molecule has 0 saturated heterocycles. The van der Waals surface area contributed by atoms with E-state index in [0.29, 0.717) is 5.56 Å². The van der Waals surface area contributed by atoms with Crippen LogP contribution in [0.2, 0.25) is 0 Å². The first kappa shape index (κ1) is 11.5. The highest BCUT2D eigenvalue weighted by Gasteiger charge is 2.17. The maximum Gasteiger partial charge on any atom is 0.265 e. The molecule has 7 heteroatoms. The highest BCUT2D eigenvalue weighted by Crippen LogP contribution is 2.28. The van der Waals surface area contributed by atoms with Crippen LogP contribution in [-0.4, -0.2) is 23.7 Å². The first-order chi connectivity index (χ1) is 8.00. The molecule has 0 amide bonds. The lowest BCUT2D eigenvalue weighted by Gasteiger charge is -2.09. The maximum absolute atomic E-state index is 11.8. The molecule has 0 bridgehead atoms. The van der Waals surface area contributed by atoms with Gasteiger partial charge < -0.3 is 5.11 Å². The topological polar surface area (TPSA) is 95.1 Å². The van der Waals surface area contributed by atoms with Crippen LogP contribution in [0.3, 0.4) is 0 Å². The predicted octanol–water partition coefficient (Wildman–Crippen LogP) is 1.22. The van der Waals surface area contributed by atoms with E-state index in [-0.39, 0.29) is 16.3 Å². The second-order valence-electron chi connectivity index (χ2n) is 3.51. The number of aromatic nitrogens is 2. The van der Waals surface area contributed by atoms with Crippen LogP contribution in [0.15, 0.2) is 35.5 Å². The lowest BCUT2D eigenvalue weighted by atomic mass is 10.2. The van der Waals surface area contributed by atoms with E-state index in [1.54, 1.807) is 19.1 Å². The Morgan fingerprint density at radius 2 is 2.18 bits per heavy atom. The second kappa shape index (κ2) is 4.10. The quantitative estimate of drug-likeness (QED) is 0.717. The fourth-order valence-electron chi connectivity index (χ4n) is 1.33. The van der Waals surface area contributed by atoms with Gasteiger partial charge in [0.2, 0.25) is 0 Å². The standard InChI is InChI=1S/C10H11N3O3S/c1-7-3-2-4-9(10(7)14)13-17(15,16)8-5-11-12-6-8/h2-6,13-14H,1H3,(H,11,12). The largest absolute Gasteiger partial charge is 0.505 e. The van der Waals surface area contributed by atoms with Crippen LogP contribution in [0.5, 0.6) is 5.75 Å². The molecule has 90 valence electrons. The van der Waals surface area contributed by atoms with Gasteiger partial charge in [-0.05, 0) is 18.6 Å². The van der Waals surface area contributed by atoms with E-state index in [1.807, 2.05) is 0 Å². The van der Waals surface area contributed by atoms with E-state index in [2.05, 4.69) is 14.9 Å². The molecule has 0 saturated carbocycles. The van der Waals surface area contributed by atoms with Crippen molar-refractivity contribution in [1.82, 2.24) is 10.2 Å². The average Bonchev–Trinajstić information content (AvgIpc) is 2.78. The molecule has 0 unspecified atom stereocenters. The second-order valence-corrected chi connectivity index (χ2v) is 5.19. The molecule has 1 aromatic heterocycles. The van der Waals surface area contributed by atoms with Crippen molar-refractivity contribution >= 4 is 15.7 Å². The minimum Gasteiger partial charge on any atom is -0.505 e. The zero-order valence-corrected chi connectivity index (χ0v) is 9.82. The Balaban J connectivity index is 2.37. The lowest BCUT2D eigenvalue weighted by molar-refractivity contribution is 0.473. The maximum atomic E-state index is 11.8. The summed E-state index contributed by atoms with van der Waals surface area (Å²) in [6.45, 7) is 1.69. The van der Waals surface area contributed by atoms with Gasteiger partial charge in [-0.3, -0.25) is 9.82 Å². The highest BCUT2D eigenvalue weighted by atomic mass is 32.2. The van der Waals surface area contributed by atoms with Gasteiger partial charge in [0, 0.05) is 6.20 Å². The number of H-pyrrole nitrogens is 1. The van der Waals surface area contributed by atoms with Gasteiger partial charge in [0.25, 0.3) is 10.0 Å². The van der Waals surface area contributed by atoms with Crippen molar-refractivity contribution in [2.45, 2.75) is 11.8 Å². The summed E-state index contributed by atoms with van der Waals surface area (Å²) < 4.78 is 26.0. The van der Waals surface area contributed by atoms with E-state index in [4.69, 9.17) is 0 Å². The number of nitrogens with zero attached hydrogens (tertiary/aromatic N) is 1. The van der Waals surface area contributed by atoms with Gasteiger partial charge in [0.05, 0.1) is 11.9 Å². The highest BCUT2D eigenvalue weighted by molar-refractivity contribution is 7.92. The first-order valence-electron chi connectivity index (χ1n) is 4.81. The van der Waals surface area contributed by atoms with E-state index >= 15 is 0 Å². The number of anilines is 1. The zero-order valence-electron chi connectivity index (χ0n) is 9.01. The zero-order chi connectivity index (χ0) is 12.5. The molecule has 0 atom stereocenters. The van der Waals surface area contributed by atoms with Gasteiger partial charge in [-0.1, -0.05) is 12.1 Å². The monoisotopic (exact) mass is 253 g/mol. The van der Waals surface area contributed by atoms with Crippen LogP contribution in [0.4, 0.5) is 5.69 Å². The van der Waals surface area contributed by atoms with Crippen molar-refractivity contribution in [3.63, 3.8) is 0 Å². The number of benzene rings is 1. The smallest absolute Gasteiger partial charge is 0.265 e. The van der Waals surface area contributed by atoms with Crippen LogP contribution in [0, 0.1) is 6.92 Å². The van der Waals surface area contributed by atoms with Crippen LogP contribution in [-0.2, 0) is 10.0 Å². The molecule has 0 aliphatic rings. The predicted molar refractivity (Wildman–Crippen MR) is 62.2 cm³/mol. The lowest BCUT2D eigenvalue weighted by Crippen LogP contribution is -2.12. The molecule has 1 aromatic carbocycles. The van der Waals surface area contributed by atoms with E-state index < -0.39 is 10.0 Å². The van der Waals surface area contributed by atoms with Crippen molar-refractivity contribution in [2.75, 3.05) is 4.72 Å². The van der Waals surface area contributed by atoms with Crippen LogP contribution in [0.1, 0.15) is 5.56 Å². The van der Waals surface area contributed by atoms with Crippen LogP contribution in [0.25, 0.3) is 0 Å². The number of para-hydroxylation sites is 1. The van der Waals surface area contributed by atoms with Gasteiger partial charge in [-0.15, -0.1) is 0 Å². The summed E-state index contributed by atoms with van der Waals surface area (Å²) in [7, 11) is -3.71. The summed E-state index contributed by atoms with van der Waals surface area (Å²) >= 11 is 0. The molecule has 17 heavy (non-hydrogen) atoms. The van der Waals surface area contributed by atoms with E-state index in [1.165, 1.54) is 18.5 Å². The minimum absolute atomic E-state index is 0.0124. The normalized spacial score (nSPS) is 11.4. The van der Waals surface area contributed by atoms with Crippen LogP contribution >= 0.6 is 0 Å². The number of phenolic OH excluding ortho intramolecular Hbond substituents is 1. The first-order valence-corrected chi connectivity index (χ1v) is 6.29. The molecule has 6 nitrogen and oxygen atoms in total. The van der Waals surface area contributed by atoms with E-state index in [9.17, 15) is 13.5 Å². The molecule has 1 heterocycles. The number of aryl methyl sites for hydroxylation is 1. The number of sulfonamides is 1. The summed E-state index contributed by atoms with van der Waals surface area (Å²) in [6.07, 6.45) is 2.45. The molecule has 2 rings (SSSR count). The Hall–Kier alpha value is -2.02. The molecule has 2 aromatic rings. The fourth-order valence-corrected chi connectivity index (χ4v) is 2.30. The Morgan fingerprint density at radius 1 is 1.41 bits per heavy atom. The fraction of sp³-hybridized carbons (Fsp3) is 0.100. The molecular formula is C10H11N3O3S. The molecule has 0 aliphatic carbocycles. The SMILES string of the molecule is Cc1cccc(NS(=O)(=O)c2cn[nH]c2)c1O. The molecule has 0 radical (unpaired) electrons. The number of phenols is 1. The minimum atomic E-state index is -3.71. The van der Waals surface area contributed by atoms with Gasteiger partial charge in [-0.25, -0.2) is 8.42 Å². The number of hydrogen-bond acceptors (Lipinski definition) is 4. The number of nitrogens with one attached hydrogen (secondary N) is 2. The third-order valence-corrected chi connectivity index (χ3v) is 3.60. The van der Waals surface area contributed by atoms with Crippen molar-refractivity contribution in [3.05, 3.63) is 36.2 Å². The molecular weight excluding hydrogens is 242 g/mol. The van der Waals surface area contributed by atoms with Gasteiger partial charge in [-0.2, -0.15) is 5.10 Å². The summed E-state index contributed by atoms with van der Waals surface area (Å²) in [5.74, 6) is -0.0837. The van der Waals surface area contributed by atoms with Crippen molar-refractivity contribution in [1.29, 1.82) is 0 Å². The van der Waals surface area contributed by atoms with Crippen LogP contribution < -0.4 is 4.72 Å². The van der Waals surface area contributed by atoms with Gasteiger partial charge in [0.1, 0.15) is 10.6 Å². The third kappa shape index (κ3) is 2.23.